The second kappa shape index (κ2) is 10.2. The molecule has 22 nitrogen and oxygen atoms in total. The Bertz CT molecular complexity index is 1380. The maximum absolute atomic E-state index is 14.5. The van der Waals surface area contributed by atoms with Crippen LogP contribution in [0.25, 0.3) is 0 Å². The van der Waals surface area contributed by atoms with E-state index in [9.17, 15) is 38.4 Å². The van der Waals surface area contributed by atoms with Gasteiger partial charge < -0.3 is 28.4 Å². The number of hydrogen-bond donors (Lipinski definition) is 0. The number of amides is 8. The molecule has 0 atom stereocenters. The van der Waals surface area contributed by atoms with E-state index < -0.39 is 111 Å². The third-order valence-corrected chi connectivity index (χ3v) is 9.63. The fraction of sp³-hybridized carbons (Fsp3) is 0.692. The van der Waals surface area contributed by atoms with Gasteiger partial charge in [0.05, 0.1) is 26.4 Å². The number of nitrogens with zero attached hydrogens (tertiary/aromatic N) is 8. The van der Waals surface area contributed by atoms with Gasteiger partial charge in [-0.2, -0.15) is 0 Å². The van der Waals surface area contributed by atoms with E-state index in [4.69, 9.17) is 28.4 Å². The minimum Gasteiger partial charge on any atom is -0.463 e. The highest BCUT2D eigenvalue weighted by atomic mass is 16.6. The van der Waals surface area contributed by atoms with Gasteiger partial charge in [0.25, 0.3) is 22.7 Å². The highest BCUT2D eigenvalue weighted by Gasteiger charge is 2.93. The minimum atomic E-state index is -2.76. The van der Waals surface area contributed by atoms with Crippen LogP contribution in [0.15, 0.2) is 0 Å². The molecular formula is C26H32N8O14. The number of esters is 4. The highest BCUT2D eigenvalue weighted by molar-refractivity contribution is 6.12. The molecule has 0 bridgehead atoms. The molecule has 7 heterocycles. The molecule has 0 aromatic heterocycles. The Hall–Kier alpha value is -5.12. The number of carbonyl (C=O) groups is 8. The first-order valence-corrected chi connectivity index (χ1v) is 15.2. The fourth-order valence-corrected chi connectivity index (χ4v) is 8.13. The molecule has 0 aliphatic carbocycles. The normalized spacial score (nSPS) is 32.8. The lowest BCUT2D eigenvalue weighted by Gasteiger charge is -2.51. The maximum Gasteiger partial charge on any atom is 0.359 e. The molecule has 0 spiro atoms. The quantitative estimate of drug-likeness (QED) is 0.196. The zero-order valence-electron chi connectivity index (χ0n) is 26.4. The number of hydrogen-bond acceptors (Lipinski definition) is 14. The third-order valence-electron chi connectivity index (χ3n) is 9.63. The van der Waals surface area contributed by atoms with Gasteiger partial charge in [-0.15, -0.1) is 0 Å². The molecular weight excluding hydrogens is 648 g/mol. The van der Waals surface area contributed by atoms with Crippen LogP contribution in [0.4, 0.5) is 19.2 Å². The SMILES string of the molecule is CCOC(=O)C12N3COCN1C(=O)N1CN4C(=O)N5COCN6C(=O)N(CN(C3=O)C12C(=O)OCC)[C@]4(C(=O)OCC)[C@@]56C(=O)OCC. The van der Waals surface area contributed by atoms with Crippen molar-refractivity contribution in [1.29, 1.82) is 0 Å². The van der Waals surface area contributed by atoms with E-state index in [0.29, 0.717) is 0 Å². The summed E-state index contributed by atoms with van der Waals surface area (Å²) in [6.45, 7) is 0.188. The van der Waals surface area contributed by atoms with Crippen LogP contribution >= 0.6 is 0 Å². The van der Waals surface area contributed by atoms with Crippen LogP contribution < -0.4 is 0 Å². The van der Waals surface area contributed by atoms with E-state index in [0.717, 1.165) is 39.2 Å². The molecule has 48 heavy (non-hydrogen) atoms. The van der Waals surface area contributed by atoms with E-state index in [1.54, 1.807) is 0 Å². The van der Waals surface area contributed by atoms with Gasteiger partial charge in [0.2, 0.25) is 0 Å². The molecule has 0 radical (unpaired) electrons. The average Bonchev–Trinajstić information content (AvgIpc) is 3.61. The van der Waals surface area contributed by atoms with Crippen LogP contribution in [-0.2, 0) is 47.6 Å². The van der Waals surface area contributed by atoms with Gasteiger partial charge in [0.15, 0.2) is 0 Å². The van der Waals surface area contributed by atoms with Crippen LogP contribution in [0.5, 0.6) is 0 Å². The molecule has 7 fully saturated rings. The summed E-state index contributed by atoms with van der Waals surface area (Å²) in [6.07, 6.45) is 0. The summed E-state index contributed by atoms with van der Waals surface area (Å²) in [7, 11) is 0. The van der Waals surface area contributed by atoms with E-state index in [2.05, 4.69) is 0 Å². The van der Waals surface area contributed by atoms with Crippen LogP contribution in [0.3, 0.4) is 0 Å². The summed E-state index contributed by atoms with van der Waals surface area (Å²) < 4.78 is 32.7. The topological polar surface area (TPSA) is 218 Å². The van der Waals surface area contributed by atoms with Gasteiger partial charge in [-0.25, -0.2) is 38.4 Å². The number of carbonyl (C=O) groups excluding carboxylic acids is 8. The predicted octanol–water partition coefficient (Wildman–Crippen LogP) is -2.21. The minimum absolute atomic E-state index is 0.239. The van der Waals surface area contributed by atoms with Gasteiger partial charge >= 0.3 is 48.0 Å². The molecule has 0 N–H and O–H groups in total. The number of rotatable bonds is 8. The van der Waals surface area contributed by atoms with Gasteiger partial charge in [-0.3, -0.25) is 39.2 Å². The Kier molecular flexibility index (Phi) is 6.68. The molecule has 8 amide bonds. The molecule has 7 saturated heterocycles. The molecule has 0 aromatic rings. The van der Waals surface area contributed by atoms with E-state index in [1.807, 2.05) is 0 Å². The number of ether oxygens (including phenoxy) is 6. The van der Waals surface area contributed by atoms with Crippen molar-refractivity contribution >= 4 is 48.0 Å². The van der Waals surface area contributed by atoms with Crippen molar-refractivity contribution < 1.29 is 66.8 Å². The molecule has 7 rings (SSSR count). The Labute approximate surface area is 271 Å². The van der Waals surface area contributed by atoms with Crippen LogP contribution in [0.1, 0.15) is 27.7 Å². The van der Waals surface area contributed by atoms with E-state index in [1.165, 1.54) is 27.7 Å². The highest BCUT2D eigenvalue weighted by Crippen LogP contribution is 2.60. The summed E-state index contributed by atoms with van der Waals surface area (Å²) in [5, 5.41) is 0. The summed E-state index contributed by atoms with van der Waals surface area (Å²) >= 11 is 0. The first-order valence-electron chi connectivity index (χ1n) is 15.2. The van der Waals surface area contributed by atoms with Crippen molar-refractivity contribution in [1.82, 2.24) is 39.2 Å². The lowest BCUT2D eigenvalue weighted by molar-refractivity contribution is -0.226. The van der Waals surface area contributed by atoms with Gasteiger partial charge in [-0.05, 0) is 27.7 Å². The van der Waals surface area contributed by atoms with Crippen molar-refractivity contribution in [3.63, 3.8) is 0 Å². The Morgan fingerprint density at radius 2 is 0.667 bits per heavy atom. The van der Waals surface area contributed by atoms with Crippen LogP contribution in [0.2, 0.25) is 0 Å². The molecule has 260 valence electrons. The first-order chi connectivity index (χ1) is 23.0. The van der Waals surface area contributed by atoms with E-state index in [-0.39, 0.29) is 26.4 Å². The Morgan fingerprint density at radius 3 is 0.875 bits per heavy atom. The van der Waals surface area contributed by atoms with Gasteiger partial charge in [0, 0.05) is 0 Å². The lowest BCUT2D eigenvalue weighted by Crippen LogP contribution is -2.82. The summed E-state index contributed by atoms with van der Waals surface area (Å²) in [6, 6.07) is -4.42. The molecule has 0 unspecified atom stereocenters. The van der Waals surface area contributed by atoms with E-state index >= 15 is 0 Å². The van der Waals surface area contributed by atoms with Gasteiger partial charge in [-0.1, -0.05) is 0 Å². The fourth-order valence-electron chi connectivity index (χ4n) is 8.13. The lowest BCUT2D eigenvalue weighted by atomic mass is 9.88. The summed E-state index contributed by atoms with van der Waals surface area (Å²) in [5.41, 5.74) is -10.7. The Balaban J connectivity index is 1.57. The molecule has 7 aliphatic rings. The summed E-state index contributed by atoms with van der Waals surface area (Å²) in [5.74, 6) is -4.97. The van der Waals surface area contributed by atoms with Gasteiger partial charge in [0.1, 0.15) is 40.3 Å². The second-order valence-corrected chi connectivity index (χ2v) is 11.3. The van der Waals surface area contributed by atoms with Crippen molar-refractivity contribution in [3.05, 3.63) is 0 Å². The largest absolute Gasteiger partial charge is 0.463 e. The summed E-state index contributed by atoms with van der Waals surface area (Å²) in [4.78, 5) is 122. The van der Waals surface area contributed by atoms with Crippen LogP contribution in [0, 0.1) is 0 Å². The van der Waals surface area contributed by atoms with Crippen LogP contribution in [-0.4, -0.2) is 177 Å². The molecule has 22 heteroatoms. The van der Waals surface area contributed by atoms with Crippen molar-refractivity contribution in [2.24, 2.45) is 0 Å². The molecule has 0 saturated carbocycles. The second-order valence-electron chi connectivity index (χ2n) is 11.3. The average molecular weight is 681 g/mol. The monoisotopic (exact) mass is 680 g/mol. The standard InChI is InChI=1S/C26H32N8O14/c1-5-45-15(35)23-25(17(37)47-7-3)31-11-43-12-32(25)20(40)28(23)10-30-22(42)34-14-44-13-33-21(41)29(9-27(23)19(31)39)24(30,16(36)46-6-2)26(33,34)18(38)48-8-4/h5-14H2,1-4H3/t23-,24?,25+,26?. The zero-order valence-corrected chi connectivity index (χ0v) is 26.4. The zero-order chi connectivity index (χ0) is 34.6. The van der Waals surface area contributed by atoms with Crippen molar-refractivity contribution in [2.75, 3.05) is 66.7 Å². The van der Waals surface area contributed by atoms with Crippen molar-refractivity contribution in [3.8, 4) is 0 Å². The molecule has 0 aromatic carbocycles. The third kappa shape index (κ3) is 2.93. The first kappa shape index (κ1) is 31.5. The Morgan fingerprint density at radius 1 is 0.458 bits per heavy atom. The number of urea groups is 4. The smallest absolute Gasteiger partial charge is 0.359 e. The maximum atomic E-state index is 14.5. The predicted molar refractivity (Wildman–Crippen MR) is 145 cm³/mol. The molecule has 7 aliphatic heterocycles. The van der Waals surface area contributed by atoms with Crippen molar-refractivity contribution in [2.45, 2.75) is 50.3 Å².